The minimum absolute atomic E-state index is 0.00397. The van der Waals surface area contributed by atoms with Gasteiger partial charge in [0, 0.05) is 17.8 Å². The molecule has 20 heavy (non-hydrogen) atoms. The van der Waals surface area contributed by atoms with Gasteiger partial charge in [0.15, 0.2) is 18.9 Å². The van der Waals surface area contributed by atoms with Crippen molar-refractivity contribution in [3.05, 3.63) is 59.1 Å². The first-order valence-electron chi connectivity index (χ1n) is 6.25. The van der Waals surface area contributed by atoms with E-state index in [1.54, 1.807) is 0 Å². The number of aryl methyl sites for hydroxylation is 2. The summed E-state index contributed by atoms with van der Waals surface area (Å²) < 4.78 is 14.9. The summed E-state index contributed by atoms with van der Waals surface area (Å²) in [7, 11) is 0. The van der Waals surface area contributed by atoms with Crippen LogP contribution >= 0.6 is 11.6 Å². The molecule has 0 aliphatic heterocycles. The quantitative estimate of drug-likeness (QED) is 0.863. The largest absolute Gasteiger partial charge is 0.326 e. The van der Waals surface area contributed by atoms with E-state index < -0.39 is 5.82 Å². The molecule has 104 valence electrons. The maximum absolute atomic E-state index is 13.0. The van der Waals surface area contributed by atoms with Gasteiger partial charge in [0.1, 0.15) is 5.82 Å². The molecule has 0 bridgehead atoms. The average Bonchev–Trinajstić information content (AvgIpc) is 2.42. The predicted octanol–water partition coefficient (Wildman–Crippen LogP) is 3.10. The molecule has 0 fully saturated rings. The van der Waals surface area contributed by atoms with Gasteiger partial charge in [-0.1, -0.05) is 11.6 Å². The van der Waals surface area contributed by atoms with E-state index in [-0.39, 0.29) is 10.9 Å². The van der Waals surface area contributed by atoms with Gasteiger partial charge in [0.25, 0.3) is 0 Å². The Bertz CT molecular complexity index is 614. The van der Waals surface area contributed by atoms with Gasteiger partial charge in [0.05, 0.1) is 11.4 Å². The molecule has 0 atom stereocenters. The van der Waals surface area contributed by atoms with E-state index in [9.17, 15) is 9.18 Å². The minimum Gasteiger partial charge on any atom is -0.326 e. The highest BCUT2D eigenvalue weighted by atomic mass is 35.5. The molecule has 0 saturated heterocycles. The Kier molecular flexibility index (Phi) is 4.69. The number of hydrogen-bond donors (Lipinski definition) is 1. The number of nitrogens with one attached hydrogen (secondary N) is 1. The first-order valence-corrected chi connectivity index (χ1v) is 6.63. The number of hydrogen-bond acceptors (Lipinski definition) is 1. The minimum atomic E-state index is -0.500. The van der Waals surface area contributed by atoms with Crippen LogP contribution in [0.15, 0.2) is 42.7 Å². The topological polar surface area (TPSA) is 33.0 Å². The molecule has 0 aliphatic rings. The normalized spacial score (nSPS) is 10.3. The van der Waals surface area contributed by atoms with Gasteiger partial charge < -0.3 is 5.32 Å². The van der Waals surface area contributed by atoms with Crippen LogP contribution in [0.3, 0.4) is 0 Å². The Morgan fingerprint density at radius 2 is 2.00 bits per heavy atom. The second kappa shape index (κ2) is 6.48. The number of carbonyl (C=O) groups is 1. The number of pyridine rings is 1. The van der Waals surface area contributed by atoms with Crippen molar-refractivity contribution < 1.29 is 13.8 Å². The molecule has 1 N–H and O–H groups in total. The van der Waals surface area contributed by atoms with Crippen LogP contribution in [0.1, 0.15) is 12.0 Å². The van der Waals surface area contributed by atoms with E-state index in [1.807, 2.05) is 36.0 Å². The molecule has 2 aromatic rings. The Hall–Kier alpha value is -1.94. The number of nitrogens with zero attached hydrogens (tertiary/aromatic N) is 1. The lowest BCUT2D eigenvalue weighted by Gasteiger charge is -2.05. The molecule has 0 saturated carbocycles. The Labute approximate surface area is 122 Å². The van der Waals surface area contributed by atoms with Crippen molar-refractivity contribution in [3.8, 4) is 0 Å². The van der Waals surface area contributed by atoms with Crippen molar-refractivity contribution in [3.63, 3.8) is 0 Å². The molecule has 1 heterocycles. The summed E-state index contributed by atoms with van der Waals surface area (Å²) in [6.07, 6.45) is 4.19. The van der Waals surface area contributed by atoms with Crippen LogP contribution < -0.4 is 9.88 Å². The fourth-order valence-electron chi connectivity index (χ4n) is 1.71. The second-order valence-electron chi connectivity index (χ2n) is 4.54. The number of amides is 1. The smallest absolute Gasteiger partial charge is 0.230 e. The summed E-state index contributed by atoms with van der Waals surface area (Å²) in [5.74, 6) is -0.638. The second-order valence-corrected chi connectivity index (χ2v) is 4.95. The van der Waals surface area contributed by atoms with Crippen LogP contribution in [-0.4, -0.2) is 5.91 Å². The Balaban J connectivity index is 1.89. The summed E-state index contributed by atoms with van der Waals surface area (Å²) in [4.78, 5) is 11.8. The lowest BCUT2D eigenvalue weighted by atomic mass is 10.3. The van der Waals surface area contributed by atoms with Crippen molar-refractivity contribution in [2.75, 3.05) is 5.32 Å². The van der Waals surface area contributed by atoms with Crippen molar-refractivity contribution in [2.24, 2.45) is 0 Å². The van der Waals surface area contributed by atoms with Gasteiger partial charge in [-0.05, 0) is 30.7 Å². The van der Waals surface area contributed by atoms with Crippen LogP contribution in [0, 0.1) is 12.7 Å². The van der Waals surface area contributed by atoms with Crippen molar-refractivity contribution in [2.45, 2.75) is 19.9 Å². The van der Waals surface area contributed by atoms with Gasteiger partial charge in [-0.15, -0.1) is 0 Å². The molecular formula is C15H15ClFN2O+. The van der Waals surface area contributed by atoms with Crippen molar-refractivity contribution in [1.29, 1.82) is 0 Å². The van der Waals surface area contributed by atoms with E-state index >= 15 is 0 Å². The molecule has 1 amide bonds. The summed E-state index contributed by atoms with van der Waals surface area (Å²) >= 11 is 5.65. The maximum atomic E-state index is 13.0. The molecular weight excluding hydrogens is 279 g/mol. The zero-order valence-corrected chi connectivity index (χ0v) is 11.8. The summed E-state index contributed by atoms with van der Waals surface area (Å²) in [6.45, 7) is 2.59. The molecule has 5 heteroatoms. The summed E-state index contributed by atoms with van der Waals surface area (Å²) in [6, 6.07) is 8.08. The fourth-order valence-corrected chi connectivity index (χ4v) is 1.89. The molecule has 1 aromatic heterocycles. The van der Waals surface area contributed by atoms with E-state index in [1.165, 1.54) is 23.8 Å². The molecule has 2 rings (SSSR count). The molecule has 0 aliphatic carbocycles. The maximum Gasteiger partial charge on any atom is 0.230 e. The first kappa shape index (κ1) is 14.5. The Morgan fingerprint density at radius 3 is 2.65 bits per heavy atom. The molecule has 3 nitrogen and oxygen atoms in total. The van der Waals surface area contributed by atoms with Gasteiger partial charge in [0.2, 0.25) is 5.91 Å². The average molecular weight is 294 g/mol. The van der Waals surface area contributed by atoms with E-state index in [0.29, 0.717) is 18.7 Å². The molecule has 0 radical (unpaired) electrons. The molecule has 1 aromatic carbocycles. The SMILES string of the molecule is Cc1cc[n+](CCC(=O)Nc2ccc(F)c(Cl)c2)cc1. The highest BCUT2D eigenvalue weighted by Gasteiger charge is 2.08. The molecule has 0 unspecified atom stereocenters. The monoisotopic (exact) mass is 293 g/mol. The highest BCUT2D eigenvalue weighted by Crippen LogP contribution is 2.19. The standard InChI is InChI=1S/C15H14ClFN2O/c1-11-4-7-19(8-5-11)9-6-15(20)18-12-2-3-14(17)13(16)10-12/h2-5,7-8,10H,6,9H2,1H3/p+1. The predicted molar refractivity (Wildman–Crippen MR) is 76.0 cm³/mol. The van der Waals surface area contributed by atoms with E-state index in [0.717, 1.165) is 0 Å². The van der Waals surface area contributed by atoms with Crippen LogP contribution in [0.2, 0.25) is 5.02 Å². The van der Waals surface area contributed by atoms with Crippen LogP contribution in [-0.2, 0) is 11.3 Å². The van der Waals surface area contributed by atoms with Gasteiger partial charge in [-0.2, -0.15) is 0 Å². The summed E-state index contributed by atoms with van der Waals surface area (Å²) in [5, 5.41) is 2.68. The third kappa shape index (κ3) is 4.03. The van der Waals surface area contributed by atoms with Crippen LogP contribution in [0.25, 0.3) is 0 Å². The number of carbonyl (C=O) groups excluding carboxylic acids is 1. The number of anilines is 1. The number of benzene rings is 1. The molecule has 0 spiro atoms. The van der Waals surface area contributed by atoms with Crippen molar-refractivity contribution >= 4 is 23.2 Å². The fraction of sp³-hybridized carbons (Fsp3) is 0.200. The van der Waals surface area contributed by atoms with E-state index in [2.05, 4.69) is 5.32 Å². The van der Waals surface area contributed by atoms with Crippen LogP contribution in [0.4, 0.5) is 10.1 Å². The van der Waals surface area contributed by atoms with Gasteiger partial charge in [-0.25, -0.2) is 8.96 Å². The lowest BCUT2D eigenvalue weighted by Crippen LogP contribution is -2.34. The Morgan fingerprint density at radius 1 is 1.30 bits per heavy atom. The third-order valence-corrected chi connectivity index (χ3v) is 3.15. The summed E-state index contributed by atoms with van der Waals surface area (Å²) in [5.41, 5.74) is 1.67. The zero-order chi connectivity index (χ0) is 14.5. The van der Waals surface area contributed by atoms with Gasteiger partial charge >= 0.3 is 0 Å². The van der Waals surface area contributed by atoms with Gasteiger partial charge in [-0.3, -0.25) is 4.79 Å². The van der Waals surface area contributed by atoms with E-state index in [4.69, 9.17) is 11.6 Å². The third-order valence-electron chi connectivity index (χ3n) is 2.86. The highest BCUT2D eigenvalue weighted by molar-refractivity contribution is 6.31. The first-order chi connectivity index (χ1) is 9.54. The lowest BCUT2D eigenvalue weighted by molar-refractivity contribution is -0.695. The zero-order valence-electron chi connectivity index (χ0n) is 11.1. The number of halogens is 2. The van der Waals surface area contributed by atoms with Crippen molar-refractivity contribution in [1.82, 2.24) is 0 Å². The number of rotatable bonds is 4. The van der Waals surface area contributed by atoms with Crippen LogP contribution in [0.5, 0.6) is 0 Å². The number of aromatic nitrogens is 1.